The van der Waals surface area contributed by atoms with E-state index in [1.165, 1.54) is 7.05 Å². The van der Waals surface area contributed by atoms with Crippen molar-refractivity contribution < 1.29 is 57.6 Å². The van der Waals surface area contributed by atoms with Gasteiger partial charge in [-0.15, -0.1) is 0 Å². The molecule has 0 aliphatic heterocycles. The van der Waals surface area contributed by atoms with E-state index in [0.717, 1.165) is 0 Å². The minimum absolute atomic E-state index is 0. The summed E-state index contributed by atoms with van der Waals surface area (Å²) in [7, 11) is 1.20. The average Bonchev–Trinajstić information content (AvgIpc) is 1.36. The van der Waals surface area contributed by atoms with Crippen LogP contribution in [0.15, 0.2) is 0 Å². The van der Waals surface area contributed by atoms with Gasteiger partial charge in [-0.3, -0.25) is 4.79 Å². The summed E-state index contributed by atoms with van der Waals surface area (Å²) in [5.74, 6) is 0. The first-order valence-corrected chi connectivity index (χ1v) is 1.12. The van der Waals surface area contributed by atoms with Gasteiger partial charge in [0.1, 0.15) is 6.03 Å². The Kier molecular flexibility index (Phi) is 6.80. The van der Waals surface area contributed by atoms with E-state index in [4.69, 9.17) is 7.15 Å². The zero-order valence-electron chi connectivity index (χ0n) is 4.86. The number of hydrogen-bond acceptors (Lipinski definition) is 1. The van der Waals surface area contributed by atoms with Crippen LogP contribution in [0, 0.1) is 0 Å². The normalized spacial score (nSPS) is 7.83. The first-order chi connectivity index (χ1) is 2.64. The molecule has 0 aromatic heterocycles. The van der Waals surface area contributed by atoms with Gasteiger partial charge in [0.2, 0.25) is 0 Å². The molecule has 0 bridgehead atoms. The number of amides is 2. The molecule has 30 valence electrons. The number of urea groups is 1. The van der Waals surface area contributed by atoms with Gasteiger partial charge in [0.05, 0.1) is 0 Å². The van der Waals surface area contributed by atoms with Gasteiger partial charge in [-0.25, -0.2) is 0 Å². The maximum atomic E-state index is 9.55. The Morgan fingerprint density at radius 1 is 2.17 bits per heavy atom. The number of hydrogen-bond donors (Lipinski definition) is 1. The molecule has 0 spiro atoms. The summed E-state index contributed by atoms with van der Waals surface area (Å²) in [5, 5.41) is 0.444. The molecule has 6 heavy (non-hydrogen) atoms. The minimum atomic E-state index is -0.991. The standard InChI is InChI=1S/C2H6N2O.K/c1-4-2(3)5;/h1H3,(H3,3,4,5);/q;+1/p-1/i/hD. The molecule has 0 unspecified atom stereocenters. The Morgan fingerprint density at radius 3 is 2.33 bits per heavy atom. The summed E-state index contributed by atoms with van der Waals surface area (Å²) in [5.41, 5.74) is 6.13. The van der Waals surface area contributed by atoms with Crippen LogP contribution >= 0.6 is 0 Å². The van der Waals surface area contributed by atoms with Crippen LogP contribution in [0.1, 0.15) is 0 Å². The summed E-state index contributed by atoms with van der Waals surface area (Å²) < 4.78 is 6.33. The third kappa shape index (κ3) is 8.86. The van der Waals surface area contributed by atoms with Crippen molar-refractivity contribution >= 4 is 6.03 Å². The van der Waals surface area contributed by atoms with Crippen LogP contribution in [-0.2, 0) is 0 Å². The topological polar surface area (TPSA) is 52.9 Å². The van der Waals surface area contributed by atoms with E-state index in [1.54, 1.807) is 0 Å². The van der Waals surface area contributed by atoms with Gasteiger partial charge in [-0.1, -0.05) is 7.05 Å². The fourth-order valence-electron chi connectivity index (χ4n) is 0. The van der Waals surface area contributed by atoms with Crippen LogP contribution in [0.5, 0.6) is 0 Å². The summed E-state index contributed by atoms with van der Waals surface area (Å²) >= 11 is 0. The molecule has 0 rings (SSSR count). The van der Waals surface area contributed by atoms with E-state index in [2.05, 4.69) is 0 Å². The van der Waals surface area contributed by atoms with Gasteiger partial charge in [-0.05, 0) is 0 Å². The van der Waals surface area contributed by atoms with E-state index < -0.39 is 6.03 Å². The molecule has 0 fully saturated rings. The molecule has 2 amide bonds. The van der Waals surface area contributed by atoms with Crippen molar-refractivity contribution in [3.63, 3.8) is 0 Å². The second kappa shape index (κ2) is 5.91. The van der Waals surface area contributed by atoms with Crippen LogP contribution in [0.25, 0.3) is 5.73 Å². The fraction of sp³-hybridized carbons (Fsp3) is 0.500. The van der Waals surface area contributed by atoms with Gasteiger partial charge < -0.3 is 11.0 Å². The van der Waals surface area contributed by atoms with E-state index >= 15 is 0 Å². The van der Waals surface area contributed by atoms with Crippen molar-refractivity contribution in [2.45, 2.75) is 0 Å². The predicted octanol–water partition coefficient (Wildman–Crippen LogP) is -2.62. The molecule has 0 aliphatic carbocycles. The Labute approximate surface area is 80.5 Å². The third-order valence-corrected chi connectivity index (χ3v) is 0.203. The Hall–Kier alpha value is 0.906. The molecule has 4 heteroatoms. The first-order valence-electron chi connectivity index (χ1n) is 1.57. The molecule has 3 nitrogen and oxygen atoms in total. The molecule has 0 saturated heterocycles. The summed E-state index contributed by atoms with van der Waals surface area (Å²) in [6.45, 7) is 0. The van der Waals surface area contributed by atoms with Gasteiger partial charge in [0.15, 0.2) is 0 Å². The van der Waals surface area contributed by atoms with E-state index in [1.807, 2.05) is 0 Å². The molecule has 0 aromatic rings. The predicted molar refractivity (Wildman–Crippen MR) is 18.8 cm³/mol. The molecular formula is C2H5KN2O. The SMILES string of the molecule is [2H]N(C)C([NH-])=O.[K+]. The van der Waals surface area contributed by atoms with Crippen LogP contribution < -0.4 is 56.7 Å². The summed E-state index contributed by atoms with van der Waals surface area (Å²) in [4.78, 5) is 9.55. The molecule has 0 atom stereocenters. The van der Waals surface area contributed by atoms with Crippen LogP contribution in [0.2, 0.25) is 1.41 Å². The van der Waals surface area contributed by atoms with E-state index in [9.17, 15) is 4.79 Å². The summed E-state index contributed by atoms with van der Waals surface area (Å²) in [6, 6.07) is -0.991. The van der Waals surface area contributed by atoms with E-state index in [0.29, 0.717) is 5.31 Å². The molecule has 0 aromatic carbocycles. The average molecular weight is 113 g/mol. The van der Waals surface area contributed by atoms with Gasteiger partial charge in [0.25, 0.3) is 0 Å². The van der Waals surface area contributed by atoms with Crippen molar-refractivity contribution in [3.8, 4) is 0 Å². The maximum Gasteiger partial charge on any atom is 1.00 e. The fourth-order valence-corrected chi connectivity index (χ4v) is 0. The van der Waals surface area contributed by atoms with Crippen LogP contribution in [0.3, 0.4) is 0 Å². The van der Waals surface area contributed by atoms with Crippen molar-refractivity contribution in [2.75, 3.05) is 7.05 Å². The van der Waals surface area contributed by atoms with E-state index in [-0.39, 0.29) is 51.4 Å². The van der Waals surface area contributed by atoms with Crippen molar-refractivity contribution in [1.82, 2.24) is 5.31 Å². The maximum absolute atomic E-state index is 9.55. The Morgan fingerprint density at radius 2 is 2.33 bits per heavy atom. The second-order valence-corrected chi connectivity index (χ2v) is 0.529. The second-order valence-electron chi connectivity index (χ2n) is 0.529. The largest absolute Gasteiger partial charge is 1.00 e. The molecule has 0 saturated carbocycles. The zero-order valence-corrected chi connectivity index (χ0v) is 6.98. The van der Waals surface area contributed by atoms with Crippen LogP contribution in [-0.4, -0.2) is 13.1 Å². The number of nitrogens with one attached hydrogen (secondary N) is 2. The van der Waals surface area contributed by atoms with Gasteiger partial charge in [-0.2, -0.15) is 0 Å². The smallest absolute Gasteiger partial charge is 0.453 e. The molecule has 2 N–H and O–H groups in total. The molecule has 0 aliphatic rings. The molecular weight excluding hydrogens is 107 g/mol. The van der Waals surface area contributed by atoms with Crippen molar-refractivity contribution in [1.29, 1.82) is 0 Å². The minimum Gasteiger partial charge on any atom is -0.453 e. The quantitative estimate of drug-likeness (QED) is 0.344. The first kappa shape index (κ1) is 6.91. The molecule has 0 heterocycles. The van der Waals surface area contributed by atoms with Crippen LogP contribution in [0.4, 0.5) is 4.79 Å². The van der Waals surface area contributed by atoms with Gasteiger partial charge in [0, 0.05) is 1.41 Å². The number of carbonyl (C=O) groups excluding carboxylic acids is 1. The Balaban J connectivity index is 0. The number of rotatable bonds is 0. The third-order valence-electron chi connectivity index (χ3n) is 0.203. The summed E-state index contributed by atoms with van der Waals surface area (Å²) in [6.07, 6.45) is 0. The van der Waals surface area contributed by atoms with Crippen molar-refractivity contribution in [2.24, 2.45) is 0 Å². The number of carbonyl (C=O) groups is 1. The van der Waals surface area contributed by atoms with Gasteiger partial charge >= 0.3 is 51.4 Å². The molecule has 0 radical (unpaired) electrons. The Bertz CT molecular complexity index is 66.7. The van der Waals surface area contributed by atoms with Crippen molar-refractivity contribution in [3.05, 3.63) is 5.73 Å². The monoisotopic (exact) mass is 113 g/mol. The zero-order chi connectivity index (χ0) is 5.15.